The van der Waals surface area contributed by atoms with E-state index in [0.29, 0.717) is 12.0 Å². The van der Waals surface area contributed by atoms with Crippen LogP contribution in [0.5, 0.6) is 0 Å². The Bertz CT molecular complexity index is 406. The van der Waals surface area contributed by atoms with E-state index in [1.54, 1.807) is 12.1 Å². The molecule has 17 heavy (non-hydrogen) atoms. The van der Waals surface area contributed by atoms with Crippen molar-refractivity contribution in [2.45, 2.75) is 32.2 Å². The highest BCUT2D eigenvalue weighted by Crippen LogP contribution is 2.12. The first-order valence-electron chi connectivity index (χ1n) is 5.60. The molecule has 0 bridgehead atoms. The standard InChI is InChI=1S/C13H16N2O2/c1-10(3-2-4-13(16)17)15-12-7-5-11(9-14)6-8-12/h5-8,10,15H,2-4H2,1H3,(H,16,17). The molecular formula is C13H16N2O2. The average molecular weight is 232 g/mol. The molecule has 0 saturated carbocycles. The Labute approximate surface area is 101 Å². The minimum atomic E-state index is -0.754. The summed E-state index contributed by atoms with van der Waals surface area (Å²) in [6.45, 7) is 2.01. The van der Waals surface area contributed by atoms with Gasteiger partial charge in [-0.2, -0.15) is 5.26 Å². The minimum absolute atomic E-state index is 0.208. The summed E-state index contributed by atoms with van der Waals surface area (Å²) in [5, 5.41) is 20.4. The van der Waals surface area contributed by atoms with E-state index in [1.807, 2.05) is 19.1 Å². The van der Waals surface area contributed by atoms with Gasteiger partial charge < -0.3 is 10.4 Å². The van der Waals surface area contributed by atoms with E-state index in [1.165, 1.54) is 0 Å². The molecule has 0 radical (unpaired) electrons. The summed E-state index contributed by atoms with van der Waals surface area (Å²) in [5.41, 5.74) is 1.58. The zero-order valence-electron chi connectivity index (χ0n) is 9.81. The van der Waals surface area contributed by atoms with Crippen molar-refractivity contribution in [1.82, 2.24) is 0 Å². The number of rotatable bonds is 6. The zero-order chi connectivity index (χ0) is 12.7. The van der Waals surface area contributed by atoms with Crippen LogP contribution in [-0.2, 0) is 4.79 Å². The molecule has 0 aliphatic heterocycles. The molecule has 4 nitrogen and oxygen atoms in total. The molecule has 0 saturated heterocycles. The Morgan fingerprint density at radius 3 is 2.65 bits per heavy atom. The highest BCUT2D eigenvalue weighted by atomic mass is 16.4. The SMILES string of the molecule is CC(CCCC(=O)O)Nc1ccc(C#N)cc1. The summed E-state index contributed by atoms with van der Waals surface area (Å²) in [6, 6.07) is 9.50. The Hall–Kier alpha value is -2.02. The van der Waals surface area contributed by atoms with E-state index in [0.717, 1.165) is 12.1 Å². The van der Waals surface area contributed by atoms with E-state index in [-0.39, 0.29) is 12.5 Å². The van der Waals surface area contributed by atoms with Crippen LogP contribution in [0.3, 0.4) is 0 Å². The van der Waals surface area contributed by atoms with Crippen LogP contribution < -0.4 is 5.32 Å². The molecule has 2 N–H and O–H groups in total. The quantitative estimate of drug-likeness (QED) is 0.790. The average Bonchev–Trinajstić information content (AvgIpc) is 2.29. The van der Waals surface area contributed by atoms with E-state index in [2.05, 4.69) is 11.4 Å². The van der Waals surface area contributed by atoms with Gasteiger partial charge in [-0.15, -0.1) is 0 Å². The monoisotopic (exact) mass is 232 g/mol. The smallest absolute Gasteiger partial charge is 0.303 e. The number of aliphatic carboxylic acids is 1. The fourth-order valence-corrected chi connectivity index (χ4v) is 1.56. The molecule has 0 fully saturated rings. The number of anilines is 1. The lowest BCUT2D eigenvalue weighted by atomic mass is 10.1. The third-order valence-corrected chi connectivity index (χ3v) is 2.45. The van der Waals surface area contributed by atoms with Gasteiger partial charge in [0, 0.05) is 18.2 Å². The second-order valence-corrected chi connectivity index (χ2v) is 4.02. The number of hydrogen-bond donors (Lipinski definition) is 2. The van der Waals surface area contributed by atoms with Crippen molar-refractivity contribution in [3.8, 4) is 6.07 Å². The fourth-order valence-electron chi connectivity index (χ4n) is 1.56. The predicted octanol–water partition coefficient (Wildman–Crippen LogP) is 2.61. The van der Waals surface area contributed by atoms with Gasteiger partial charge in [0.2, 0.25) is 0 Å². The van der Waals surface area contributed by atoms with Crippen molar-refractivity contribution in [3.05, 3.63) is 29.8 Å². The number of nitrogens with one attached hydrogen (secondary N) is 1. The maximum atomic E-state index is 10.4. The van der Waals surface area contributed by atoms with Crippen LogP contribution in [0.4, 0.5) is 5.69 Å². The molecule has 1 atom stereocenters. The molecule has 0 aliphatic carbocycles. The molecule has 4 heteroatoms. The molecular weight excluding hydrogens is 216 g/mol. The number of carboxylic acids is 1. The maximum Gasteiger partial charge on any atom is 0.303 e. The van der Waals surface area contributed by atoms with Crippen LogP contribution in [-0.4, -0.2) is 17.1 Å². The Kier molecular flexibility index (Phi) is 5.02. The van der Waals surface area contributed by atoms with Gasteiger partial charge in [0.25, 0.3) is 0 Å². The molecule has 0 aromatic heterocycles. The van der Waals surface area contributed by atoms with Crippen LogP contribution in [0.2, 0.25) is 0 Å². The highest BCUT2D eigenvalue weighted by molar-refractivity contribution is 5.66. The summed E-state index contributed by atoms with van der Waals surface area (Å²) >= 11 is 0. The van der Waals surface area contributed by atoms with E-state index >= 15 is 0 Å². The van der Waals surface area contributed by atoms with Crippen molar-refractivity contribution >= 4 is 11.7 Å². The molecule has 1 rings (SSSR count). The Morgan fingerprint density at radius 1 is 1.47 bits per heavy atom. The molecule has 1 unspecified atom stereocenters. The van der Waals surface area contributed by atoms with E-state index < -0.39 is 5.97 Å². The van der Waals surface area contributed by atoms with Crippen LogP contribution in [0.25, 0.3) is 0 Å². The molecule has 0 amide bonds. The summed E-state index contributed by atoms with van der Waals surface area (Å²) < 4.78 is 0. The molecule has 0 spiro atoms. The van der Waals surface area contributed by atoms with Crippen molar-refractivity contribution < 1.29 is 9.90 Å². The fraction of sp³-hybridized carbons (Fsp3) is 0.385. The second-order valence-electron chi connectivity index (χ2n) is 4.02. The first kappa shape index (κ1) is 13.0. The van der Waals surface area contributed by atoms with Crippen molar-refractivity contribution in [2.75, 3.05) is 5.32 Å². The van der Waals surface area contributed by atoms with Crippen LogP contribution in [0.15, 0.2) is 24.3 Å². The maximum absolute atomic E-state index is 10.4. The van der Waals surface area contributed by atoms with Gasteiger partial charge in [-0.1, -0.05) is 0 Å². The van der Waals surface area contributed by atoms with Gasteiger partial charge in [0.05, 0.1) is 11.6 Å². The number of nitriles is 1. The summed E-state index contributed by atoms with van der Waals surface area (Å²) in [5.74, 6) is -0.754. The van der Waals surface area contributed by atoms with Gasteiger partial charge >= 0.3 is 5.97 Å². The zero-order valence-corrected chi connectivity index (χ0v) is 9.81. The normalized spacial score (nSPS) is 11.5. The molecule has 1 aromatic rings. The number of hydrogen-bond acceptors (Lipinski definition) is 3. The van der Waals surface area contributed by atoms with Gasteiger partial charge in [0.15, 0.2) is 0 Å². The summed E-state index contributed by atoms with van der Waals surface area (Å²) in [6.07, 6.45) is 1.69. The second kappa shape index (κ2) is 6.54. The number of carboxylic acid groups (broad SMARTS) is 1. The molecule has 0 aliphatic rings. The lowest BCUT2D eigenvalue weighted by Gasteiger charge is -2.14. The summed E-state index contributed by atoms with van der Waals surface area (Å²) in [7, 11) is 0. The Morgan fingerprint density at radius 2 is 2.12 bits per heavy atom. The van der Waals surface area contributed by atoms with Crippen molar-refractivity contribution in [3.63, 3.8) is 0 Å². The van der Waals surface area contributed by atoms with Crippen LogP contribution in [0, 0.1) is 11.3 Å². The van der Waals surface area contributed by atoms with Gasteiger partial charge in [-0.3, -0.25) is 4.79 Å². The lowest BCUT2D eigenvalue weighted by molar-refractivity contribution is -0.137. The van der Waals surface area contributed by atoms with Gasteiger partial charge in [-0.25, -0.2) is 0 Å². The van der Waals surface area contributed by atoms with E-state index in [9.17, 15) is 4.79 Å². The van der Waals surface area contributed by atoms with E-state index in [4.69, 9.17) is 10.4 Å². The predicted molar refractivity (Wildman–Crippen MR) is 65.7 cm³/mol. The van der Waals surface area contributed by atoms with Gasteiger partial charge in [0.1, 0.15) is 0 Å². The van der Waals surface area contributed by atoms with Crippen LogP contribution >= 0.6 is 0 Å². The lowest BCUT2D eigenvalue weighted by Crippen LogP contribution is -2.15. The third-order valence-electron chi connectivity index (χ3n) is 2.45. The first-order chi connectivity index (χ1) is 8.11. The van der Waals surface area contributed by atoms with Crippen LogP contribution in [0.1, 0.15) is 31.7 Å². The molecule has 1 aromatic carbocycles. The Balaban J connectivity index is 2.37. The molecule has 90 valence electrons. The largest absolute Gasteiger partial charge is 0.481 e. The van der Waals surface area contributed by atoms with Crippen molar-refractivity contribution in [2.24, 2.45) is 0 Å². The summed E-state index contributed by atoms with van der Waals surface area (Å²) in [4.78, 5) is 10.4. The first-order valence-corrected chi connectivity index (χ1v) is 5.60. The highest BCUT2D eigenvalue weighted by Gasteiger charge is 2.04. The minimum Gasteiger partial charge on any atom is -0.481 e. The number of benzene rings is 1. The number of carbonyl (C=O) groups is 1. The molecule has 0 heterocycles. The van der Waals surface area contributed by atoms with Gasteiger partial charge in [-0.05, 0) is 44.0 Å². The topological polar surface area (TPSA) is 73.1 Å². The third kappa shape index (κ3) is 5.03. The van der Waals surface area contributed by atoms with Crippen molar-refractivity contribution in [1.29, 1.82) is 5.26 Å². The number of nitrogens with zero attached hydrogens (tertiary/aromatic N) is 1.